The molecule has 8 heteroatoms. The number of nitrogens with one attached hydrogen (secondary N) is 2. The van der Waals surface area contributed by atoms with Crippen molar-refractivity contribution in [2.45, 2.75) is 45.8 Å². The van der Waals surface area contributed by atoms with Crippen molar-refractivity contribution < 1.29 is 14.3 Å². The van der Waals surface area contributed by atoms with E-state index in [0.717, 1.165) is 6.42 Å². The Labute approximate surface area is 170 Å². The quantitative estimate of drug-likeness (QED) is 0.773. The molecule has 1 fully saturated rings. The molecule has 0 aliphatic carbocycles. The molecule has 1 heterocycles. The van der Waals surface area contributed by atoms with Crippen LogP contribution >= 0.6 is 23.2 Å². The van der Waals surface area contributed by atoms with E-state index in [1.54, 1.807) is 23.1 Å². The van der Waals surface area contributed by atoms with E-state index in [0.29, 0.717) is 28.8 Å². The number of benzene rings is 1. The molecule has 27 heavy (non-hydrogen) atoms. The minimum atomic E-state index is -0.556. The molecule has 1 aliphatic rings. The molecule has 1 saturated heterocycles. The molecule has 0 saturated carbocycles. The van der Waals surface area contributed by atoms with Crippen LogP contribution in [0.4, 0.5) is 10.5 Å². The number of likely N-dealkylation sites (tertiary alicyclic amines) is 1. The van der Waals surface area contributed by atoms with Crippen LogP contribution < -0.4 is 10.6 Å². The fourth-order valence-corrected chi connectivity index (χ4v) is 3.41. The lowest BCUT2D eigenvalue weighted by atomic mass is 9.93. The summed E-state index contributed by atoms with van der Waals surface area (Å²) in [5.41, 5.74) is 0.134. The van der Waals surface area contributed by atoms with Gasteiger partial charge in [-0.15, -0.1) is 0 Å². The third-order valence-corrected chi connectivity index (χ3v) is 4.76. The summed E-state index contributed by atoms with van der Waals surface area (Å²) in [6.45, 7) is 8.77. The smallest absolute Gasteiger partial charge is 0.407 e. The maximum atomic E-state index is 12.6. The number of nitrogens with zero attached hydrogens (tertiary/aromatic N) is 1. The number of carbonyl (C=O) groups is 2. The summed E-state index contributed by atoms with van der Waals surface area (Å²) in [4.78, 5) is 26.4. The summed E-state index contributed by atoms with van der Waals surface area (Å²) in [6, 6.07) is 4.92. The molecule has 6 nitrogen and oxygen atoms in total. The number of alkyl carbamates (subject to hydrolysis) is 1. The third-order valence-electron chi connectivity index (χ3n) is 4.32. The molecule has 0 spiro atoms. The zero-order valence-electron chi connectivity index (χ0n) is 16.1. The van der Waals surface area contributed by atoms with E-state index in [1.165, 1.54) is 0 Å². The van der Waals surface area contributed by atoms with Crippen molar-refractivity contribution in [2.24, 2.45) is 5.92 Å². The van der Waals surface area contributed by atoms with Gasteiger partial charge in [-0.1, -0.05) is 30.1 Å². The van der Waals surface area contributed by atoms with Gasteiger partial charge < -0.3 is 20.3 Å². The molecule has 2 rings (SSSR count). The van der Waals surface area contributed by atoms with Gasteiger partial charge in [0.05, 0.1) is 12.6 Å². The van der Waals surface area contributed by atoms with Gasteiger partial charge in [0, 0.05) is 28.8 Å². The van der Waals surface area contributed by atoms with Gasteiger partial charge in [-0.25, -0.2) is 4.79 Å². The largest absolute Gasteiger partial charge is 0.444 e. The molecule has 0 radical (unpaired) electrons. The summed E-state index contributed by atoms with van der Waals surface area (Å²) in [7, 11) is 0. The maximum absolute atomic E-state index is 12.6. The lowest BCUT2D eigenvalue weighted by Gasteiger charge is -2.37. The molecule has 2 amide bonds. The molecular weight excluding hydrogens is 389 g/mol. The standard InChI is InChI=1S/C19H27Cl2N3O3/c1-12-5-6-24(11-16(12)23-18(26)27-19(2,3)4)17(25)10-22-15-8-13(20)7-14(21)9-15/h7-9,12,16,22H,5-6,10-11H2,1-4H3,(H,23,26)/t12-,16-/m1/s1. The number of rotatable bonds is 4. The summed E-state index contributed by atoms with van der Waals surface area (Å²) in [5, 5.41) is 6.95. The molecule has 0 unspecified atom stereocenters. The molecule has 2 atom stereocenters. The molecule has 150 valence electrons. The van der Waals surface area contributed by atoms with Crippen LogP contribution in [0.1, 0.15) is 34.1 Å². The minimum Gasteiger partial charge on any atom is -0.444 e. The highest BCUT2D eigenvalue weighted by molar-refractivity contribution is 6.35. The number of amides is 2. The Morgan fingerprint density at radius 3 is 2.44 bits per heavy atom. The van der Waals surface area contributed by atoms with Gasteiger partial charge in [-0.2, -0.15) is 0 Å². The Morgan fingerprint density at radius 1 is 1.22 bits per heavy atom. The lowest BCUT2D eigenvalue weighted by Crippen LogP contribution is -2.54. The topological polar surface area (TPSA) is 70.7 Å². The van der Waals surface area contributed by atoms with Gasteiger partial charge in [0.25, 0.3) is 0 Å². The van der Waals surface area contributed by atoms with Crippen LogP contribution in [-0.2, 0) is 9.53 Å². The van der Waals surface area contributed by atoms with E-state index in [-0.39, 0.29) is 24.4 Å². The fraction of sp³-hybridized carbons (Fsp3) is 0.579. The molecule has 1 aromatic rings. The average Bonchev–Trinajstić information content (AvgIpc) is 2.52. The van der Waals surface area contributed by atoms with E-state index in [4.69, 9.17) is 27.9 Å². The van der Waals surface area contributed by atoms with Gasteiger partial charge in [0.2, 0.25) is 5.91 Å². The monoisotopic (exact) mass is 415 g/mol. The van der Waals surface area contributed by atoms with Crippen molar-refractivity contribution in [3.05, 3.63) is 28.2 Å². The predicted molar refractivity (Wildman–Crippen MR) is 108 cm³/mol. The molecule has 0 bridgehead atoms. The zero-order valence-corrected chi connectivity index (χ0v) is 17.7. The minimum absolute atomic E-state index is 0.0472. The highest BCUT2D eigenvalue weighted by atomic mass is 35.5. The van der Waals surface area contributed by atoms with Crippen LogP contribution in [0, 0.1) is 5.92 Å². The molecule has 0 aromatic heterocycles. The van der Waals surface area contributed by atoms with Crippen LogP contribution in [0.5, 0.6) is 0 Å². The lowest BCUT2D eigenvalue weighted by molar-refractivity contribution is -0.131. The molecule has 1 aliphatic heterocycles. The summed E-state index contributed by atoms with van der Waals surface area (Å²) in [5.74, 6) is 0.218. The summed E-state index contributed by atoms with van der Waals surface area (Å²) < 4.78 is 5.32. The van der Waals surface area contributed by atoms with E-state index >= 15 is 0 Å². The highest BCUT2D eigenvalue weighted by Gasteiger charge is 2.31. The number of hydrogen-bond donors (Lipinski definition) is 2. The maximum Gasteiger partial charge on any atom is 0.407 e. The second-order valence-electron chi connectivity index (χ2n) is 7.87. The number of piperidine rings is 1. The van der Waals surface area contributed by atoms with E-state index in [9.17, 15) is 9.59 Å². The number of hydrogen-bond acceptors (Lipinski definition) is 4. The SMILES string of the molecule is C[C@@H]1CCN(C(=O)CNc2cc(Cl)cc(Cl)c2)C[C@H]1NC(=O)OC(C)(C)C. The van der Waals surface area contributed by atoms with Crippen molar-refractivity contribution in [2.75, 3.05) is 25.0 Å². The van der Waals surface area contributed by atoms with Crippen molar-refractivity contribution in [1.29, 1.82) is 0 Å². The average molecular weight is 416 g/mol. The van der Waals surface area contributed by atoms with Crippen LogP contribution in [-0.4, -0.2) is 48.2 Å². The van der Waals surface area contributed by atoms with Crippen LogP contribution in [0.15, 0.2) is 18.2 Å². The van der Waals surface area contributed by atoms with Crippen molar-refractivity contribution in [1.82, 2.24) is 10.2 Å². The van der Waals surface area contributed by atoms with Crippen molar-refractivity contribution >= 4 is 40.9 Å². The van der Waals surface area contributed by atoms with E-state index in [1.807, 2.05) is 20.8 Å². The first-order chi connectivity index (χ1) is 12.5. The van der Waals surface area contributed by atoms with E-state index in [2.05, 4.69) is 17.6 Å². The Bertz CT molecular complexity index is 671. The van der Waals surface area contributed by atoms with Crippen LogP contribution in [0.25, 0.3) is 0 Å². The normalized spacial score (nSPS) is 20.1. The van der Waals surface area contributed by atoms with Crippen LogP contribution in [0.3, 0.4) is 0 Å². The fourth-order valence-electron chi connectivity index (χ4n) is 2.89. The summed E-state index contributed by atoms with van der Waals surface area (Å²) >= 11 is 11.9. The van der Waals surface area contributed by atoms with Gasteiger partial charge in [0.15, 0.2) is 0 Å². The first-order valence-electron chi connectivity index (χ1n) is 9.01. The third kappa shape index (κ3) is 7.11. The Morgan fingerprint density at radius 2 is 1.85 bits per heavy atom. The van der Waals surface area contributed by atoms with Gasteiger partial charge in [0.1, 0.15) is 5.60 Å². The number of carbonyl (C=O) groups excluding carboxylic acids is 2. The molecule has 2 N–H and O–H groups in total. The Hall–Kier alpha value is -1.66. The zero-order chi connectivity index (χ0) is 20.2. The second kappa shape index (κ2) is 9.02. The summed E-state index contributed by atoms with van der Waals surface area (Å²) in [6.07, 6.45) is 0.357. The van der Waals surface area contributed by atoms with Gasteiger partial charge >= 0.3 is 6.09 Å². The molecule has 1 aromatic carbocycles. The number of ether oxygens (including phenoxy) is 1. The number of halogens is 2. The first kappa shape index (κ1) is 21.6. The van der Waals surface area contributed by atoms with Gasteiger partial charge in [-0.05, 0) is 51.3 Å². The van der Waals surface area contributed by atoms with Crippen molar-refractivity contribution in [3.8, 4) is 0 Å². The van der Waals surface area contributed by atoms with E-state index < -0.39 is 11.7 Å². The Balaban J connectivity index is 1.90. The predicted octanol–water partition coefficient (Wildman–Crippen LogP) is 4.17. The highest BCUT2D eigenvalue weighted by Crippen LogP contribution is 2.23. The Kier molecular flexibility index (Phi) is 7.23. The first-order valence-corrected chi connectivity index (χ1v) is 9.76. The number of anilines is 1. The van der Waals surface area contributed by atoms with Crippen LogP contribution in [0.2, 0.25) is 10.0 Å². The van der Waals surface area contributed by atoms with Crippen molar-refractivity contribution in [3.63, 3.8) is 0 Å². The molecular formula is C19H27Cl2N3O3. The second-order valence-corrected chi connectivity index (χ2v) is 8.74. The van der Waals surface area contributed by atoms with Gasteiger partial charge in [-0.3, -0.25) is 4.79 Å².